The quantitative estimate of drug-likeness (QED) is 0.472. The summed E-state index contributed by atoms with van der Waals surface area (Å²) < 4.78 is 0. The van der Waals surface area contributed by atoms with Gasteiger partial charge in [0.25, 0.3) is 5.91 Å². The van der Waals surface area contributed by atoms with E-state index in [4.69, 9.17) is 5.73 Å². The van der Waals surface area contributed by atoms with Gasteiger partial charge in [0, 0.05) is 36.2 Å². The number of aliphatic carboxylic acids is 1. The Morgan fingerprint density at radius 3 is 2.68 bits per heavy atom. The lowest BCUT2D eigenvalue weighted by molar-refractivity contribution is -0.139. The molecule has 8 nitrogen and oxygen atoms in total. The van der Waals surface area contributed by atoms with Crippen LogP contribution in [0.4, 0.5) is 11.4 Å². The van der Waals surface area contributed by atoms with Gasteiger partial charge in [-0.15, -0.1) is 0 Å². The average Bonchev–Trinajstić information content (AvgIpc) is 3.03. The summed E-state index contributed by atoms with van der Waals surface area (Å²) in [5.74, 6) is -1.93. The number of nitrogens with two attached hydrogens (primary N) is 1. The number of hydrogen-bond acceptors (Lipinski definition) is 5. The van der Waals surface area contributed by atoms with E-state index in [2.05, 4.69) is 16.0 Å². The maximum atomic E-state index is 12.6. The summed E-state index contributed by atoms with van der Waals surface area (Å²) in [6.07, 6.45) is 9.87. The second-order valence-corrected chi connectivity index (χ2v) is 6.80. The molecular formula is C20H22N4O4. The molecule has 2 amide bonds. The Kier molecular flexibility index (Phi) is 5.49. The predicted octanol–water partition coefficient (Wildman–Crippen LogP) is 1.40. The van der Waals surface area contributed by atoms with Crippen molar-refractivity contribution in [1.82, 2.24) is 10.6 Å². The number of allylic oxidation sites excluding steroid dienone is 2. The molecule has 1 heterocycles. The van der Waals surface area contributed by atoms with E-state index in [1.165, 1.54) is 25.1 Å². The molecule has 1 aliphatic heterocycles. The molecule has 8 heteroatoms. The van der Waals surface area contributed by atoms with Gasteiger partial charge in [-0.05, 0) is 30.0 Å². The molecule has 0 bridgehead atoms. The maximum absolute atomic E-state index is 12.6. The molecule has 0 saturated heterocycles. The first-order valence-electron chi connectivity index (χ1n) is 8.85. The van der Waals surface area contributed by atoms with E-state index in [1.807, 2.05) is 30.5 Å². The number of carbonyl (C=O) groups excluding carboxylic acids is 2. The topological polar surface area (TPSA) is 134 Å². The van der Waals surface area contributed by atoms with Crippen molar-refractivity contribution in [2.45, 2.75) is 25.4 Å². The molecule has 1 aromatic carbocycles. The van der Waals surface area contributed by atoms with Gasteiger partial charge in [-0.1, -0.05) is 24.3 Å². The van der Waals surface area contributed by atoms with E-state index in [0.29, 0.717) is 5.69 Å². The zero-order valence-electron chi connectivity index (χ0n) is 15.3. The summed E-state index contributed by atoms with van der Waals surface area (Å²) in [5, 5.41) is 17.9. The molecular weight excluding hydrogens is 360 g/mol. The van der Waals surface area contributed by atoms with Gasteiger partial charge < -0.3 is 26.8 Å². The van der Waals surface area contributed by atoms with E-state index in [0.717, 1.165) is 5.57 Å². The molecule has 1 aromatic rings. The van der Waals surface area contributed by atoms with Crippen LogP contribution in [-0.2, 0) is 9.59 Å². The number of hydrogen-bond donors (Lipinski definition) is 5. The number of benzene rings is 1. The van der Waals surface area contributed by atoms with Crippen molar-refractivity contribution in [2.24, 2.45) is 5.92 Å². The molecule has 0 saturated carbocycles. The first kappa shape index (κ1) is 19.2. The second-order valence-electron chi connectivity index (χ2n) is 6.80. The minimum absolute atomic E-state index is 0.0718. The third-order valence-corrected chi connectivity index (χ3v) is 4.61. The van der Waals surface area contributed by atoms with Crippen LogP contribution in [0.3, 0.4) is 0 Å². The molecule has 3 atom stereocenters. The van der Waals surface area contributed by atoms with Crippen LogP contribution in [0, 0.1) is 5.92 Å². The Hall–Kier alpha value is -3.55. The monoisotopic (exact) mass is 382 g/mol. The molecule has 146 valence electrons. The maximum Gasteiger partial charge on any atom is 0.326 e. The van der Waals surface area contributed by atoms with E-state index < -0.39 is 17.9 Å². The molecule has 0 radical (unpaired) electrons. The number of anilines is 2. The van der Waals surface area contributed by atoms with Gasteiger partial charge in [-0.3, -0.25) is 9.59 Å². The number of carbonyl (C=O) groups is 3. The second kappa shape index (κ2) is 7.99. The third kappa shape index (κ3) is 4.40. The lowest BCUT2D eigenvalue weighted by atomic mass is 9.88. The SMILES string of the molecule is CC(=O)Nc1cc(N)cc(C(=O)NC(CC2=CNC3C=CC=CC23)C(=O)O)c1. The van der Waals surface area contributed by atoms with Gasteiger partial charge >= 0.3 is 5.97 Å². The Morgan fingerprint density at radius 2 is 1.96 bits per heavy atom. The molecule has 0 aromatic heterocycles. The molecule has 0 spiro atoms. The highest BCUT2D eigenvalue weighted by molar-refractivity contribution is 5.99. The first-order valence-corrected chi connectivity index (χ1v) is 8.85. The summed E-state index contributed by atoms with van der Waals surface area (Å²) in [7, 11) is 0. The van der Waals surface area contributed by atoms with Gasteiger partial charge in [-0.2, -0.15) is 0 Å². The lowest BCUT2D eigenvalue weighted by Gasteiger charge is -2.21. The van der Waals surface area contributed by atoms with Crippen LogP contribution in [0.2, 0.25) is 0 Å². The van der Waals surface area contributed by atoms with Crippen molar-refractivity contribution < 1.29 is 19.5 Å². The van der Waals surface area contributed by atoms with Gasteiger partial charge in [0.15, 0.2) is 0 Å². The summed E-state index contributed by atoms with van der Waals surface area (Å²) in [6, 6.07) is 3.42. The molecule has 1 aliphatic carbocycles. The van der Waals surface area contributed by atoms with Gasteiger partial charge in [0.2, 0.25) is 5.91 Å². The molecule has 6 N–H and O–H groups in total. The van der Waals surface area contributed by atoms with E-state index in [-0.39, 0.29) is 35.5 Å². The van der Waals surface area contributed by atoms with Crippen molar-refractivity contribution in [3.8, 4) is 0 Å². The highest BCUT2D eigenvalue weighted by Gasteiger charge is 2.31. The molecule has 3 rings (SSSR count). The Balaban J connectivity index is 1.72. The highest BCUT2D eigenvalue weighted by atomic mass is 16.4. The van der Waals surface area contributed by atoms with Crippen LogP contribution in [-0.4, -0.2) is 35.0 Å². The zero-order valence-corrected chi connectivity index (χ0v) is 15.3. The molecule has 3 unspecified atom stereocenters. The average molecular weight is 382 g/mol. The minimum atomic E-state index is -1.13. The Labute approximate surface area is 162 Å². The fourth-order valence-electron chi connectivity index (χ4n) is 3.35. The normalized spacial score (nSPS) is 20.5. The van der Waals surface area contributed by atoms with Crippen LogP contribution in [0.25, 0.3) is 0 Å². The third-order valence-electron chi connectivity index (χ3n) is 4.61. The first-order chi connectivity index (χ1) is 13.3. The van der Waals surface area contributed by atoms with E-state index >= 15 is 0 Å². The van der Waals surface area contributed by atoms with E-state index in [1.54, 1.807) is 0 Å². The van der Waals surface area contributed by atoms with E-state index in [9.17, 15) is 19.5 Å². The summed E-state index contributed by atoms with van der Waals surface area (Å²) in [4.78, 5) is 35.5. The summed E-state index contributed by atoms with van der Waals surface area (Å²) in [6.45, 7) is 1.34. The molecule has 2 aliphatic rings. The number of rotatable bonds is 6. The Morgan fingerprint density at radius 1 is 1.21 bits per heavy atom. The van der Waals surface area contributed by atoms with Crippen LogP contribution in [0.15, 0.2) is 54.3 Å². The Bertz CT molecular complexity index is 903. The van der Waals surface area contributed by atoms with Gasteiger partial charge in [-0.25, -0.2) is 4.79 Å². The van der Waals surface area contributed by atoms with Crippen LogP contribution in [0.5, 0.6) is 0 Å². The highest BCUT2D eigenvalue weighted by Crippen LogP contribution is 2.29. The fraction of sp³-hybridized carbons (Fsp3) is 0.250. The van der Waals surface area contributed by atoms with Crippen molar-refractivity contribution in [3.05, 3.63) is 59.8 Å². The zero-order chi connectivity index (χ0) is 20.3. The minimum Gasteiger partial charge on any atom is -0.480 e. The predicted molar refractivity (Wildman–Crippen MR) is 105 cm³/mol. The van der Waals surface area contributed by atoms with Crippen molar-refractivity contribution in [2.75, 3.05) is 11.1 Å². The standard InChI is InChI=1S/C20H22N4O4/c1-11(25)23-15-7-12(6-14(21)9-15)19(26)24-18(20(27)28)8-13-10-22-17-5-3-2-4-16(13)17/h2-7,9-10,16-18,22H,8,21H2,1H3,(H,23,25)(H,24,26)(H,27,28). The summed E-state index contributed by atoms with van der Waals surface area (Å²) in [5.41, 5.74) is 7.52. The lowest BCUT2D eigenvalue weighted by Crippen LogP contribution is -2.41. The number of fused-ring (bicyclic) bond motifs is 1. The van der Waals surface area contributed by atoms with Crippen LogP contribution < -0.4 is 21.7 Å². The number of amides is 2. The number of nitrogens with one attached hydrogen (secondary N) is 3. The van der Waals surface area contributed by atoms with Crippen molar-refractivity contribution in [1.29, 1.82) is 0 Å². The van der Waals surface area contributed by atoms with Gasteiger partial charge in [0.05, 0.1) is 6.04 Å². The smallest absolute Gasteiger partial charge is 0.326 e. The van der Waals surface area contributed by atoms with Crippen LogP contribution >= 0.6 is 0 Å². The molecule has 28 heavy (non-hydrogen) atoms. The van der Waals surface area contributed by atoms with Crippen LogP contribution in [0.1, 0.15) is 23.7 Å². The number of nitrogen functional groups attached to an aromatic ring is 1. The summed E-state index contributed by atoms with van der Waals surface area (Å²) >= 11 is 0. The van der Waals surface area contributed by atoms with Crippen molar-refractivity contribution >= 4 is 29.2 Å². The number of carboxylic acid groups (broad SMARTS) is 1. The molecule has 0 fully saturated rings. The number of carboxylic acids is 1. The fourth-order valence-corrected chi connectivity index (χ4v) is 3.35. The largest absolute Gasteiger partial charge is 0.480 e. The van der Waals surface area contributed by atoms with Gasteiger partial charge in [0.1, 0.15) is 6.04 Å². The van der Waals surface area contributed by atoms with Crippen molar-refractivity contribution in [3.63, 3.8) is 0 Å².